The number of hydrogen-bond acceptors (Lipinski definition) is 4. The molecule has 1 N–H and O–H groups in total. The number of nitrogens with one attached hydrogen (secondary N) is 1. The molecule has 6 heteroatoms. The van der Waals surface area contributed by atoms with Crippen molar-refractivity contribution in [2.45, 2.75) is 44.9 Å². The minimum atomic E-state index is -0.503. The molecule has 0 aliphatic carbocycles. The number of Topliss-reactive ketones (excluding diaryl/α,β-unsaturated/α-hetero) is 1. The average molecular weight is 284 g/mol. The van der Waals surface area contributed by atoms with E-state index in [1.54, 1.807) is 11.8 Å². The molecule has 5 nitrogen and oxygen atoms in total. The number of rotatable bonds is 6. The fraction of sp³-hybridized carbons (Fsp3) is 0.615. The van der Waals surface area contributed by atoms with Crippen LogP contribution in [0.25, 0.3) is 0 Å². The molecule has 106 valence electrons. The first kappa shape index (κ1) is 15.8. The first-order valence-electron chi connectivity index (χ1n) is 6.29. The monoisotopic (exact) mass is 284 g/mol. The molecule has 1 rings (SSSR count). The normalized spacial score (nSPS) is 11.6. The molecular formula is C13H20N2O3S. The Labute approximate surface area is 116 Å². The van der Waals surface area contributed by atoms with Gasteiger partial charge in [-0.2, -0.15) is 11.8 Å². The number of ketones is 1. The van der Waals surface area contributed by atoms with Gasteiger partial charge >= 0.3 is 5.69 Å². The number of thioether (sulfide) groups is 1. The van der Waals surface area contributed by atoms with Gasteiger partial charge in [-0.05, 0) is 26.0 Å². The van der Waals surface area contributed by atoms with Gasteiger partial charge in [0.15, 0.2) is 5.78 Å². The fourth-order valence-electron chi connectivity index (χ4n) is 2.02. The van der Waals surface area contributed by atoms with E-state index in [1.165, 1.54) is 13.1 Å². The van der Waals surface area contributed by atoms with Crippen molar-refractivity contribution in [1.29, 1.82) is 0 Å². The van der Waals surface area contributed by atoms with Crippen molar-refractivity contribution < 1.29 is 4.79 Å². The highest BCUT2D eigenvalue weighted by Gasteiger charge is 2.27. The van der Waals surface area contributed by atoms with Gasteiger partial charge in [-0.3, -0.25) is 14.2 Å². The Bertz CT molecular complexity index is 562. The molecule has 1 aromatic rings. The lowest BCUT2D eigenvalue weighted by Crippen LogP contribution is -2.43. The Morgan fingerprint density at radius 2 is 1.95 bits per heavy atom. The molecule has 0 aromatic carbocycles. The zero-order valence-corrected chi connectivity index (χ0v) is 12.6. The van der Waals surface area contributed by atoms with Crippen molar-refractivity contribution in [2.24, 2.45) is 0 Å². The van der Waals surface area contributed by atoms with Crippen LogP contribution in [0.1, 0.15) is 44.0 Å². The average Bonchev–Trinajstić information content (AvgIpc) is 2.39. The SMILES string of the molecule is CCC(CC)(Cn1c(=O)[nH]cc(C(C)=O)c1=O)SC. The minimum absolute atomic E-state index is 0.0295. The molecule has 0 radical (unpaired) electrons. The lowest BCUT2D eigenvalue weighted by molar-refractivity contribution is 0.101. The summed E-state index contributed by atoms with van der Waals surface area (Å²) in [5.74, 6) is -0.335. The maximum atomic E-state index is 12.2. The van der Waals surface area contributed by atoms with Crippen LogP contribution < -0.4 is 11.2 Å². The Hall–Kier alpha value is -1.30. The number of nitrogens with zero attached hydrogens (tertiary/aromatic N) is 1. The minimum Gasteiger partial charge on any atom is -0.313 e. The van der Waals surface area contributed by atoms with Gasteiger partial charge in [-0.25, -0.2) is 4.79 Å². The van der Waals surface area contributed by atoms with Gasteiger partial charge in [0.2, 0.25) is 0 Å². The van der Waals surface area contributed by atoms with E-state index in [0.717, 1.165) is 17.4 Å². The predicted molar refractivity (Wildman–Crippen MR) is 78.2 cm³/mol. The summed E-state index contributed by atoms with van der Waals surface area (Å²) in [4.78, 5) is 37.8. The van der Waals surface area contributed by atoms with E-state index >= 15 is 0 Å². The van der Waals surface area contributed by atoms with Crippen molar-refractivity contribution in [2.75, 3.05) is 6.26 Å². The zero-order valence-electron chi connectivity index (χ0n) is 11.8. The highest BCUT2D eigenvalue weighted by molar-refractivity contribution is 8.00. The van der Waals surface area contributed by atoms with Gasteiger partial charge < -0.3 is 4.98 Å². The number of hydrogen-bond donors (Lipinski definition) is 1. The molecule has 1 heterocycles. The second-order valence-electron chi connectivity index (χ2n) is 4.55. The fourth-order valence-corrected chi connectivity index (χ4v) is 2.86. The van der Waals surface area contributed by atoms with Crippen LogP contribution in [0.5, 0.6) is 0 Å². The molecule has 1 aromatic heterocycles. The summed E-state index contributed by atoms with van der Waals surface area (Å²) in [6.45, 7) is 5.71. The van der Waals surface area contributed by atoms with E-state index in [2.05, 4.69) is 4.98 Å². The molecule has 0 spiro atoms. The molecule has 0 saturated carbocycles. The molecule has 0 fully saturated rings. The van der Waals surface area contributed by atoms with Crippen molar-refractivity contribution in [3.8, 4) is 0 Å². The molecule has 0 atom stereocenters. The summed E-state index contributed by atoms with van der Waals surface area (Å²) >= 11 is 1.65. The predicted octanol–water partition coefficient (Wildman–Crippen LogP) is 1.66. The van der Waals surface area contributed by atoms with E-state index in [0.29, 0.717) is 6.54 Å². The number of aromatic amines is 1. The lowest BCUT2D eigenvalue weighted by atomic mass is 10.0. The van der Waals surface area contributed by atoms with Crippen LogP contribution in [0.4, 0.5) is 0 Å². The van der Waals surface area contributed by atoms with Crippen molar-refractivity contribution in [3.05, 3.63) is 32.6 Å². The van der Waals surface area contributed by atoms with Crippen LogP contribution in [-0.4, -0.2) is 26.3 Å². The van der Waals surface area contributed by atoms with Gasteiger partial charge in [-0.15, -0.1) is 0 Å². The Kier molecular flexibility index (Phi) is 5.17. The van der Waals surface area contributed by atoms with Crippen LogP contribution in [0.3, 0.4) is 0 Å². The van der Waals surface area contributed by atoms with E-state index in [4.69, 9.17) is 0 Å². The Morgan fingerprint density at radius 1 is 1.37 bits per heavy atom. The highest BCUT2D eigenvalue weighted by atomic mass is 32.2. The standard InChI is InChI=1S/C13H20N2O3S/c1-5-13(6-2,19-4)8-15-11(17)10(9(3)16)7-14-12(15)18/h7H,5-6,8H2,1-4H3,(H,14,18). The molecule has 0 aliphatic rings. The second kappa shape index (κ2) is 6.23. The van der Waals surface area contributed by atoms with Gasteiger partial charge in [0.25, 0.3) is 5.56 Å². The largest absolute Gasteiger partial charge is 0.328 e. The molecule has 0 saturated heterocycles. The Balaban J connectivity index is 3.36. The summed E-state index contributed by atoms with van der Waals surface area (Å²) < 4.78 is 0.979. The van der Waals surface area contributed by atoms with E-state index in [-0.39, 0.29) is 16.1 Å². The summed E-state index contributed by atoms with van der Waals surface area (Å²) in [7, 11) is 0. The maximum absolute atomic E-state index is 12.2. The molecule has 0 bridgehead atoms. The summed E-state index contributed by atoms with van der Waals surface area (Å²) in [6.07, 6.45) is 4.87. The zero-order chi connectivity index (χ0) is 14.6. The van der Waals surface area contributed by atoms with Gasteiger partial charge in [0, 0.05) is 17.5 Å². The first-order chi connectivity index (χ1) is 8.90. The van der Waals surface area contributed by atoms with Crippen LogP contribution in [0, 0.1) is 0 Å². The van der Waals surface area contributed by atoms with Crippen LogP contribution in [0.15, 0.2) is 15.8 Å². The molecule has 0 unspecified atom stereocenters. The van der Waals surface area contributed by atoms with Gasteiger partial charge in [0.1, 0.15) is 0 Å². The number of carbonyl (C=O) groups is 1. The number of carbonyl (C=O) groups excluding carboxylic acids is 1. The van der Waals surface area contributed by atoms with Crippen LogP contribution >= 0.6 is 11.8 Å². The molecule has 19 heavy (non-hydrogen) atoms. The smallest absolute Gasteiger partial charge is 0.313 e. The Morgan fingerprint density at radius 3 is 2.37 bits per heavy atom. The van der Waals surface area contributed by atoms with Crippen molar-refractivity contribution >= 4 is 17.5 Å². The van der Waals surface area contributed by atoms with Crippen LogP contribution in [-0.2, 0) is 6.54 Å². The third kappa shape index (κ3) is 3.18. The second-order valence-corrected chi connectivity index (χ2v) is 5.82. The number of H-pyrrole nitrogens is 1. The number of aromatic nitrogens is 2. The van der Waals surface area contributed by atoms with E-state index < -0.39 is 11.2 Å². The molecule has 0 aliphatic heterocycles. The van der Waals surface area contributed by atoms with Gasteiger partial charge in [-0.1, -0.05) is 13.8 Å². The topological polar surface area (TPSA) is 71.9 Å². The van der Waals surface area contributed by atoms with Gasteiger partial charge in [0.05, 0.1) is 5.56 Å². The summed E-state index contributed by atoms with van der Waals surface area (Å²) in [5.41, 5.74) is -0.936. The van der Waals surface area contributed by atoms with E-state index in [1.807, 2.05) is 20.1 Å². The maximum Gasteiger partial charge on any atom is 0.328 e. The third-order valence-electron chi connectivity index (χ3n) is 3.61. The molecule has 0 amide bonds. The first-order valence-corrected chi connectivity index (χ1v) is 7.52. The van der Waals surface area contributed by atoms with Crippen molar-refractivity contribution in [1.82, 2.24) is 9.55 Å². The third-order valence-corrected chi connectivity index (χ3v) is 5.18. The lowest BCUT2D eigenvalue weighted by Gasteiger charge is -2.29. The van der Waals surface area contributed by atoms with E-state index in [9.17, 15) is 14.4 Å². The summed E-state index contributed by atoms with van der Waals surface area (Å²) in [5, 5.41) is 0. The van der Waals surface area contributed by atoms with Crippen LogP contribution in [0.2, 0.25) is 0 Å². The summed E-state index contributed by atoms with van der Waals surface area (Å²) in [6, 6.07) is 0. The quantitative estimate of drug-likeness (QED) is 0.806. The van der Waals surface area contributed by atoms with Crippen molar-refractivity contribution in [3.63, 3.8) is 0 Å². The highest BCUT2D eigenvalue weighted by Crippen LogP contribution is 2.31. The molecular weight excluding hydrogens is 264 g/mol.